The van der Waals surface area contributed by atoms with Crippen LogP contribution in [-0.2, 0) is 9.47 Å². The molecule has 0 unspecified atom stereocenters. The SMILES string of the molecule is CCOC(OCC)c1cc(-c2ccc(Br)cc2F)n[nH]1. The van der Waals surface area contributed by atoms with Crippen LogP contribution in [-0.4, -0.2) is 23.4 Å². The van der Waals surface area contributed by atoms with E-state index >= 15 is 0 Å². The maximum atomic E-state index is 13.9. The lowest BCUT2D eigenvalue weighted by Gasteiger charge is -2.14. The summed E-state index contributed by atoms with van der Waals surface area (Å²) in [6.45, 7) is 4.81. The molecule has 0 aliphatic rings. The Morgan fingerprint density at radius 3 is 2.55 bits per heavy atom. The number of aromatic nitrogens is 2. The molecule has 0 spiro atoms. The fourth-order valence-corrected chi connectivity index (χ4v) is 2.16. The number of benzene rings is 1. The van der Waals surface area contributed by atoms with Gasteiger partial charge in [0.15, 0.2) is 6.29 Å². The van der Waals surface area contributed by atoms with Crippen LogP contribution in [0.2, 0.25) is 0 Å². The van der Waals surface area contributed by atoms with E-state index in [9.17, 15) is 4.39 Å². The molecule has 0 radical (unpaired) electrons. The number of halogens is 2. The van der Waals surface area contributed by atoms with Gasteiger partial charge >= 0.3 is 0 Å². The molecule has 0 saturated carbocycles. The van der Waals surface area contributed by atoms with Crippen molar-refractivity contribution in [3.63, 3.8) is 0 Å². The highest BCUT2D eigenvalue weighted by atomic mass is 79.9. The normalized spacial score (nSPS) is 11.2. The summed E-state index contributed by atoms with van der Waals surface area (Å²) < 4.78 is 25.5. The molecule has 108 valence electrons. The van der Waals surface area contributed by atoms with Gasteiger partial charge in [-0.15, -0.1) is 0 Å². The highest BCUT2D eigenvalue weighted by Crippen LogP contribution is 2.27. The number of hydrogen-bond acceptors (Lipinski definition) is 3. The van der Waals surface area contributed by atoms with Crippen LogP contribution < -0.4 is 0 Å². The van der Waals surface area contributed by atoms with Gasteiger partial charge in [-0.2, -0.15) is 5.10 Å². The van der Waals surface area contributed by atoms with Crippen LogP contribution in [0.1, 0.15) is 25.8 Å². The van der Waals surface area contributed by atoms with E-state index < -0.39 is 6.29 Å². The minimum Gasteiger partial charge on any atom is -0.347 e. The topological polar surface area (TPSA) is 47.1 Å². The summed E-state index contributed by atoms with van der Waals surface area (Å²) in [7, 11) is 0. The van der Waals surface area contributed by atoms with Gasteiger partial charge in [0.25, 0.3) is 0 Å². The van der Waals surface area contributed by atoms with Crippen LogP contribution >= 0.6 is 15.9 Å². The lowest BCUT2D eigenvalue weighted by atomic mass is 10.1. The second-order valence-electron chi connectivity index (χ2n) is 4.08. The third kappa shape index (κ3) is 3.45. The average molecular weight is 343 g/mol. The first-order chi connectivity index (χ1) is 9.65. The van der Waals surface area contributed by atoms with Crippen LogP contribution in [0.4, 0.5) is 4.39 Å². The third-order valence-corrected chi connectivity index (χ3v) is 3.19. The standard InChI is InChI=1S/C14H16BrFN2O2/c1-3-19-14(20-4-2)13-8-12(17-18-13)10-6-5-9(15)7-11(10)16/h5-8,14H,3-4H2,1-2H3,(H,17,18). The Hall–Kier alpha value is -1.24. The van der Waals surface area contributed by atoms with E-state index in [0.29, 0.717) is 34.6 Å². The van der Waals surface area contributed by atoms with Gasteiger partial charge in [0.1, 0.15) is 5.82 Å². The van der Waals surface area contributed by atoms with Crippen molar-refractivity contribution in [1.82, 2.24) is 10.2 Å². The minimum absolute atomic E-state index is 0.332. The van der Waals surface area contributed by atoms with E-state index in [1.54, 1.807) is 18.2 Å². The molecule has 0 fully saturated rings. The minimum atomic E-state index is -0.509. The first-order valence-corrected chi connectivity index (χ1v) is 7.19. The number of hydrogen-bond donors (Lipinski definition) is 1. The molecular formula is C14H16BrFN2O2. The second-order valence-corrected chi connectivity index (χ2v) is 4.99. The fourth-order valence-electron chi connectivity index (χ4n) is 1.82. The van der Waals surface area contributed by atoms with E-state index in [1.165, 1.54) is 6.07 Å². The summed E-state index contributed by atoms with van der Waals surface area (Å²) in [6.07, 6.45) is -0.509. The number of rotatable bonds is 6. The van der Waals surface area contributed by atoms with Crippen molar-refractivity contribution in [2.24, 2.45) is 0 Å². The van der Waals surface area contributed by atoms with Gasteiger partial charge in [-0.25, -0.2) is 4.39 Å². The van der Waals surface area contributed by atoms with Gasteiger partial charge in [0, 0.05) is 23.2 Å². The summed E-state index contributed by atoms with van der Waals surface area (Å²) in [5.41, 5.74) is 1.63. The molecule has 0 saturated heterocycles. The maximum absolute atomic E-state index is 13.9. The Bertz CT molecular complexity index is 568. The summed E-state index contributed by atoms with van der Waals surface area (Å²) in [4.78, 5) is 0. The fraction of sp³-hybridized carbons (Fsp3) is 0.357. The average Bonchev–Trinajstić information content (AvgIpc) is 2.88. The molecule has 0 amide bonds. The number of ether oxygens (including phenoxy) is 2. The zero-order chi connectivity index (χ0) is 14.5. The molecule has 20 heavy (non-hydrogen) atoms. The van der Waals surface area contributed by atoms with Crippen molar-refractivity contribution >= 4 is 15.9 Å². The molecule has 2 rings (SSSR count). The number of aromatic amines is 1. The van der Waals surface area contributed by atoms with Crippen molar-refractivity contribution < 1.29 is 13.9 Å². The van der Waals surface area contributed by atoms with E-state index in [4.69, 9.17) is 9.47 Å². The first-order valence-electron chi connectivity index (χ1n) is 6.39. The summed E-state index contributed by atoms with van der Waals surface area (Å²) in [5, 5.41) is 6.96. The van der Waals surface area contributed by atoms with Crippen molar-refractivity contribution in [2.45, 2.75) is 20.1 Å². The van der Waals surface area contributed by atoms with E-state index in [0.717, 1.165) is 0 Å². The quantitative estimate of drug-likeness (QED) is 0.805. The van der Waals surface area contributed by atoms with Crippen molar-refractivity contribution in [2.75, 3.05) is 13.2 Å². The van der Waals surface area contributed by atoms with E-state index in [2.05, 4.69) is 26.1 Å². The van der Waals surface area contributed by atoms with Gasteiger partial charge in [0.2, 0.25) is 0 Å². The largest absolute Gasteiger partial charge is 0.347 e. The van der Waals surface area contributed by atoms with Crippen LogP contribution in [0.3, 0.4) is 0 Å². The van der Waals surface area contributed by atoms with Crippen LogP contribution in [0.25, 0.3) is 11.3 Å². The van der Waals surface area contributed by atoms with Crippen LogP contribution in [0.5, 0.6) is 0 Å². The summed E-state index contributed by atoms with van der Waals surface area (Å²) >= 11 is 3.23. The molecule has 1 aromatic carbocycles. The third-order valence-electron chi connectivity index (χ3n) is 2.69. The Morgan fingerprint density at radius 2 is 1.95 bits per heavy atom. The number of H-pyrrole nitrogens is 1. The van der Waals surface area contributed by atoms with E-state index in [1.807, 2.05) is 13.8 Å². The highest BCUT2D eigenvalue weighted by Gasteiger charge is 2.16. The van der Waals surface area contributed by atoms with Crippen molar-refractivity contribution in [3.8, 4) is 11.3 Å². The summed E-state index contributed by atoms with van der Waals surface area (Å²) in [6, 6.07) is 6.60. The van der Waals surface area contributed by atoms with Crippen molar-refractivity contribution in [1.29, 1.82) is 0 Å². The maximum Gasteiger partial charge on any atom is 0.200 e. The Balaban J connectivity index is 2.27. The number of nitrogens with zero attached hydrogens (tertiary/aromatic N) is 1. The van der Waals surface area contributed by atoms with Crippen molar-refractivity contribution in [3.05, 3.63) is 40.2 Å². The molecule has 0 aliphatic carbocycles. The molecule has 4 nitrogen and oxygen atoms in total. The highest BCUT2D eigenvalue weighted by molar-refractivity contribution is 9.10. The zero-order valence-electron chi connectivity index (χ0n) is 11.3. The van der Waals surface area contributed by atoms with Gasteiger partial charge in [0.05, 0.1) is 11.4 Å². The molecule has 0 atom stereocenters. The smallest absolute Gasteiger partial charge is 0.200 e. The number of nitrogens with one attached hydrogen (secondary N) is 1. The second kappa shape index (κ2) is 6.97. The molecule has 0 aliphatic heterocycles. The Kier molecular flexibility index (Phi) is 5.28. The van der Waals surface area contributed by atoms with Gasteiger partial charge in [-0.1, -0.05) is 15.9 Å². The molecular weight excluding hydrogens is 327 g/mol. The predicted molar refractivity (Wildman–Crippen MR) is 77.7 cm³/mol. The Labute approximate surface area is 125 Å². The predicted octanol–water partition coefficient (Wildman–Crippen LogP) is 4.05. The molecule has 1 heterocycles. The Morgan fingerprint density at radius 1 is 1.25 bits per heavy atom. The molecule has 2 aromatic rings. The van der Waals surface area contributed by atoms with Gasteiger partial charge < -0.3 is 9.47 Å². The monoisotopic (exact) mass is 342 g/mol. The molecule has 1 N–H and O–H groups in total. The first kappa shape index (κ1) is 15.2. The lowest BCUT2D eigenvalue weighted by Crippen LogP contribution is -2.09. The van der Waals surface area contributed by atoms with Crippen LogP contribution in [0, 0.1) is 5.82 Å². The molecule has 0 bridgehead atoms. The van der Waals surface area contributed by atoms with E-state index in [-0.39, 0.29) is 5.82 Å². The zero-order valence-corrected chi connectivity index (χ0v) is 12.9. The molecule has 6 heteroatoms. The summed E-state index contributed by atoms with van der Waals surface area (Å²) in [5.74, 6) is -0.332. The van der Waals surface area contributed by atoms with Gasteiger partial charge in [-0.05, 0) is 38.1 Å². The van der Waals surface area contributed by atoms with Gasteiger partial charge in [-0.3, -0.25) is 5.10 Å². The lowest BCUT2D eigenvalue weighted by molar-refractivity contribution is -0.142. The molecule has 1 aromatic heterocycles. The van der Waals surface area contributed by atoms with Crippen LogP contribution in [0.15, 0.2) is 28.7 Å².